The highest BCUT2D eigenvalue weighted by Crippen LogP contribution is 2.33. The molecule has 1 aromatic heterocycles. The molecular weight excluding hydrogens is 412 g/mol. The van der Waals surface area contributed by atoms with E-state index in [1.54, 1.807) is 4.90 Å². The standard InChI is InChI=1S/C23H26N4O3S/c1-3-4-11-27(2)21(28)14-31-23-25-18-8-6-5-7-17(18)22(26-23)24-13-16-9-10-19-20(12-16)30-15-29-19/h5-10,12H,3-4,11,13-15H2,1-2H3,(H,24,25,26). The van der Waals surface area contributed by atoms with Gasteiger partial charge in [0, 0.05) is 25.5 Å². The number of rotatable bonds is 9. The van der Waals surface area contributed by atoms with Crippen molar-refractivity contribution in [2.45, 2.75) is 31.5 Å². The minimum Gasteiger partial charge on any atom is -0.454 e. The first-order chi connectivity index (χ1) is 15.1. The van der Waals surface area contributed by atoms with E-state index in [1.807, 2.05) is 49.5 Å². The van der Waals surface area contributed by atoms with Crippen LogP contribution in [0.1, 0.15) is 25.3 Å². The second-order valence-electron chi connectivity index (χ2n) is 7.37. The first-order valence-electron chi connectivity index (χ1n) is 10.4. The number of hydrogen-bond donors (Lipinski definition) is 1. The fourth-order valence-electron chi connectivity index (χ4n) is 3.25. The highest BCUT2D eigenvalue weighted by molar-refractivity contribution is 7.99. The second-order valence-corrected chi connectivity index (χ2v) is 8.31. The molecule has 0 saturated carbocycles. The Morgan fingerprint density at radius 1 is 1.16 bits per heavy atom. The number of nitrogens with zero attached hydrogens (tertiary/aromatic N) is 3. The minimum atomic E-state index is 0.0880. The predicted octanol–water partition coefficient (Wildman–Crippen LogP) is 4.32. The summed E-state index contributed by atoms with van der Waals surface area (Å²) in [7, 11) is 1.85. The van der Waals surface area contributed by atoms with Crippen LogP contribution in [0.2, 0.25) is 0 Å². The zero-order valence-corrected chi connectivity index (χ0v) is 18.6. The number of para-hydroxylation sites is 1. The Kier molecular flexibility index (Phi) is 6.76. The van der Waals surface area contributed by atoms with Gasteiger partial charge in [-0.1, -0.05) is 43.3 Å². The van der Waals surface area contributed by atoms with E-state index in [4.69, 9.17) is 14.5 Å². The summed E-state index contributed by atoms with van der Waals surface area (Å²) in [6, 6.07) is 13.8. The Labute approximate surface area is 186 Å². The fourth-order valence-corrected chi connectivity index (χ4v) is 4.04. The van der Waals surface area contributed by atoms with Gasteiger partial charge in [0.15, 0.2) is 16.7 Å². The maximum absolute atomic E-state index is 12.4. The molecular formula is C23H26N4O3S. The molecule has 0 bridgehead atoms. The molecule has 1 N–H and O–H groups in total. The number of hydrogen-bond acceptors (Lipinski definition) is 7. The van der Waals surface area contributed by atoms with Crippen LogP contribution in [0.3, 0.4) is 0 Å². The van der Waals surface area contributed by atoms with E-state index >= 15 is 0 Å². The lowest BCUT2D eigenvalue weighted by Crippen LogP contribution is -2.29. The van der Waals surface area contributed by atoms with Gasteiger partial charge in [0.2, 0.25) is 12.7 Å². The second kappa shape index (κ2) is 9.87. The van der Waals surface area contributed by atoms with E-state index in [2.05, 4.69) is 17.2 Å². The van der Waals surface area contributed by atoms with E-state index in [-0.39, 0.29) is 12.7 Å². The van der Waals surface area contributed by atoms with Crippen molar-refractivity contribution in [3.05, 3.63) is 48.0 Å². The van der Waals surface area contributed by atoms with Gasteiger partial charge in [-0.2, -0.15) is 0 Å². The smallest absolute Gasteiger partial charge is 0.232 e. The van der Waals surface area contributed by atoms with Gasteiger partial charge in [-0.05, 0) is 36.2 Å². The van der Waals surface area contributed by atoms with Crippen molar-refractivity contribution in [2.24, 2.45) is 0 Å². The average molecular weight is 439 g/mol. The number of anilines is 1. The monoisotopic (exact) mass is 438 g/mol. The van der Waals surface area contributed by atoms with Crippen molar-refractivity contribution >= 4 is 34.4 Å². The number of nitrogens with one attached hydrogen (secondary N) is 1. The van der Waals surface area contributed by atoms with E-state index in [0.717, 1.165) is 53.2 Å². The molecule has 0 aliphatic carbocycles. The lowest BCUT2D eigenvalue weighted by molar-refractivity contribution is -0.127. The van der Waals surface area contributed by atoms with Gasteiger partial charge in [0.1, 0.15) is 5.82 Å². The largest absolute Gasteiger partial charge is 0.454 e. The number of thioether (sulfide) groups is 1. The zero-order chi connectivity index (χ0) is 21.6. The van der Waals surface area contributed by atoms with Gasteiger partial charge >= 0.3 is 0 Å². The molecule has 4 rings (SSSR count). The van der Waals surface area contributed by atoms with Gasteiger partial charge in [0.05, 0.1) is 11.3 Å². The molecule has 1 aliphatic heterocycles. The Hall–Kier alpha value is -3.00. The molecule has 31 heavy (non-hydrogen) atoms. The molecule has 162 valence electrons. The van der Waals surface area contributed by atoms with Crippen molar-refractivity contribution in [1.82, 2.24) is 14.9 Å². The normalized spacial score (nSPS) is 12.2. The predicted molar refractivity (Wildman–Crippen MR) is 123 cm³/mol. The molecule has 7 nitrogen and oxygen atoms in total. The Morgan fingerprint density at radius 2 is 2.00 bits per heavy atom. The third-order valence-corrected chi connectivity index (χ3v) is 5.91. The van der Waals surface area contributed by atoms with Crippen LogP contribution in [0.4, 0.5) is 5.82 Å². The number of ether oxygens (including phenoxy) is 2. The van der Waals surface area contributed by atoms with E-state index in [0.29, 0.717) is 17.5 Å². The summed E-state index contributed by atoms with van der Waals surface area (Å²) >= 11 is 1.37. The minimum absolute atomic E-state index is 0.0880. The number of carbonyl (C=O) groups excluding carboxylic acids is 1. The first-order valence-corrected chi connectivity index (χ1v) is 11.4. The Balaban J connectivity index is 1.48. The lowest BCUT2D eigenvalue weighted by atomic mass is 10.2. The number of unbranched alkanes of at least 4 members (excludes halogenated alkanes) is 1. The van der Waals surface area contributed by atoms with Gasteiger partial charge in [-0.25, -0.2) is 9.97 Å². The molecule has 2 aromatic carbocycles. The van der Waals surface area contributed by atoms with Crippen LogP contribution in [0, 0.1) is 0 Å². The molecule has 0 spiro atoms. The summed E-state index contributed by atoms with van der Waals surface area (Å²) in [4.78, 5) is 23.5. The molecule has 0 unspecified atom stereocenters. The zero-order valence-electron chi connectivity index (χ0n) is 17.8. The Bertz CT molecular complexity index is 1080. The topological polar surface area (TPSA) is 76.6 Å². The van der Waals surface area contributed by atoms with Crippen LogP contribution < -0.4 is 14.8 Å². The Morgan fingerprint density at radius 3 is 2.87 bits per heavy atom. The number of benzene rings is 2. The molecule has 2 heterocycles. The van der Waals surface area contributed by atoms with Crippen LogP contribution in [-0.4, -0.2) is 46.9 Å². The summed E-state index contributed by atoms with van der Waals surface area (Å²) in [5.41, 5.74) is 1.91. The van der Waals surface area contributed by atoms with E-state index in [9.17, 15) is 4.79 Å². The summed E-state index contributed by atoms with van der Waals surface area (Å²) in [6.45, 7) is 3.74. The summed E-state index contributed by atoms with van der Waals surface area (Å²) < 4.78 is 10.8. The van der Waals surface area contributed by atoms with Crippen LogP contribution in [0.25, 0.3) is 10.9 Å². The quantitative estimate of drug-likeness (QED) is 0.394. The maximum atomic E-state index is 12.4. The average Bonchev–Trinajstić information content (AvgIpc) is 3.27. The lowest BCUT2D eigenvalue weighted by Gasteiger charge is -2.16. The highest BCUT2D eigenvalue weighted by Gasteiger charge is 2.15. The number of carbonyl (C=O) groups is 1. The first kappa shape index (κ1) is 21.2. The van der Waals surface area contributed by atoms with Crippen molar-refractivity contribution < 1.29 is 14.3 Å². The van der Waals surface area contributed by atoms with Gasteiger partial charge in [-0.3, -0.25) is 4.79 Å². The van der Waals surface area contributed by atoms with Crippen LogP contribution in [0.5, 0.6) is 11.5 Å². The number of aromatic nitrogens is 2. The summed E-state index contributed by atoms with van der Waals surface area (Å²) in [5, 5.41) is 4.95. The number of amides is 1. The van der Waals surface area contributed by atoms with Gasteiger partial charge in [0.25, 0.3) is 0 Å². The van der Waals surface area contributed by atoms with Gasteiger partial charge < -0.3 is 19.7 Å². The van der Waals surface area contributed by atoms with Crippen LogP contribution in [-0.2, 0) is 11.3 Å². The summed E-state index contributed by atoms with van der Waals surface area (Å²) in [6.07, 6.45) is 2.07. The third kappa shape index (κ3) is 5.19. The molecule has 3 aromatic rings. The van der Waals surface area contributed by atoms with Crippen LogP contribution in [0.15, 0.2) is 47.6 Å². The third-order valence-electron chi connectivity index (χ3n) is 5.08. The molecule has 0 atom stereocenters. The molecule has 1 amide bonds. The molecule has 8 heteroatoms. The molecule has 0 saturated heterocycles. The molecule has 0 fully saturated rings. The highest BCUT2D eigenvalue weighted by atomic mass is 32.2. The molecule has 0 radical (unpaired) electrons. The van der Waals surface area contributed by atoms with Crippen molar-refractivity contribution in [3.8, 4) is 11.5 Å². The van der Waals surface area contributed by atoms with Crippen molar-refractivity contribution in [1.29, 1.82) is 0 Å². The molecule has 1 aliphatic rings. The van der Waals surface area contributed by atoms with Crippen LogP contribution >= 0.6 is 11.8 Å². The van der Waals surface area contributed by atoms with E-state index in [1.165, 1.54) is 11.8 Å². The van der Waals surface area contributed by atoms with Gasteiger partial charge in [-0.15, -0.1) is 0 Å². The van der Waals surface area contributed by atoms with Crippen molar-refractivity contribution in [3.63, 3.8) is 0 Å². The van der Waals surface area contributed by atoms with Crippen molar-refractivity contribution in [2.75, 3.05) is 31.5 Å². The SMILES string of the molecule is CCCCN(C)C(=O)CSc1nc(NCc2ccc3c(c2)OCO3)c2ccccc2n1. The van der Waals surface area contributed by atoms with E-state index < -0.39 is 0 Å². The summed E-state index contributed by atoms with van der Waals surface area (Å²) in [5.74, 6) is 2.68. The maximum Gasteiger partial charge on any atom is 0.232 e. The fraction of sp³-hybridized carbons (Fsp3) is 0.348. The number of fused-ring (bicyclic) bond motifs is 2.